The van der Waals surface area contributed by atoms with Gasteiger partial charge in [-0.25, -0.2) is 0 Å². The first-order valence-electron chi connectivity index (χ1n) is 6.03. The molecule has 5 heteroatoms. The number of anilines is 1. The highest BCUT2D eigenvalue weighted by Gasteiger charge is 2.25. The minimum absolute atomic E-state index is 0.00580. The van der Waals surface area contributed by atoms with Gasteiger partial charge in [0.15, 0.2) is 6.61 Å². The van der Waals surface area contributed by atoms with Gasteiger partial charge in [0.2, 0.25) is 0 Å². The molecule has 18 heavy (non-hydrogen) atoms. The van der Waals surface area contributed by atoms with Crippen molar-refractivity contribution in [1.82, 2.24) is 0 Å². The first kappa shape index (κ1) is 13.6. The summed E-state index contributed by atoms with van der Waals surface area (Å²) in [6.45, 7) is 2.98. The number of rotatable bonds is 5. The van der Waals surface area contributed by atoms with Crippen LogP contribution in [0.1, 0.15) is 13.3 Å². The van der Waals surface area contributed by atoms with Gasteiger partial charge in [-0.15, -0.1) is 0 Å². The number of fused-ring (bicyclic) bond motifs is 1. The van der Waals surface area contributed by atoms with E-state index in [0.29, 0.717) is 5.02 Å². The van der Waals surface area contributed by atoms with Gasteiger partial charge in [0.25, 0.3) is 5.91 Å². The highest BCUT2D eigenvalue weighted by molar-refractivity contribution is 7.99. The Morgan fingerprint density at radius 3 is 3.11 bits per heavy atom. The second-order valence-corrected chi connectivity index (χ2v) is 5.83. The molecule has 1 aliphatic rings. The summed E-state index contributed by atoms with van der Waals surface area (Å²) < 4.78 is 5.39. The molecular weight excluding hydrogens is 270 g/mol. The van der Waals surface area contributed by atoms with E-state index in [1.54, 1.807) is 17.0 Å². The zero-order chi connectivity index (χ0) is 13.0. The van der Waals surface area contributed by atoms with Crippen LogP contribution in [0.3, 0.4) is 0 Å². The average Bonchev–Trinajstić information content (AvgIpc) is 2.36. The van der Waals surface area contributed by atoms with Crippen LogP contribution in [-0.2, 0) is 4.79 Å². The lowest BCUT2D eigenvalue weighted by atomic mass is 10.2. The molecule has 0 unspecified atom stereocenters. The number of amides is 1. The summed E-state index contributed by atoms with van der Waals surface area (Å²) in [5.74, 6) is 2.92. The maximum absolute atomic E-state index is 11.9. The lowest BCUT2D eigenvalue weighted by Gasteiger charge is -2.29. The molecule has 0 saturated carbocycles. The Bertz CT molecular complexity index is 439. The Morgan fingerprint density at radius 2 is 2.33 bits per heavy atom. The molecule has 1 aliphatic heterocycles. The quantitative estimate of drug-likeness (QED) is 0.778. The highest BCUT2D eigenvalue weighted by atomic mass is 35.5. The van der Waals surface area contributed by atoms with Gasteiger partial charge in [0, 0.05) is 11.6 Å². The molecule has 0 spiro atoms. The van der Waals surface area contributed by atoms with Crippen molar-refractivity contribution in [2.75, 3.05) is 29.6 Å². The smallest absolute Gasteiger partial charge is 0.265 e. The van der Waals surface area contributed by atoms with E-state index < -0.39 is 0 Å². The number of nitrogens with zero attached hydrogens (tertiary/aromatic N) is 1. The summed E-state index contributed by atoms with van der Waals surface area (Å²) in [6.07, 6.45) is 0.982. The summed E-state index contributed by atoms with van der Waals surface area (Å²) in [5, 5.41) is 0.625. The molecule has 3 nitrogen and oxygen atoms in total. The number of thioether (sulfide) groups is 1. The van der Waals surface area contributed by atoms with Gasteiger partial charge in [-0.1, -0.05) is 18.5 Å². The average molecular weight is 286 g/mol. The zero-order valence-corrected chi connectivity index (χ0v) is 11.9. The van der Waals surface area contributed by atoms with Crippen molar-refractivity contribution in [3.63, 3.8) is 0 Å². The summed E-state index contributed by atoms with van der Waals surface area (Å²) in [5.41, 5.74) is 0.792. The molecular formula is C13H16ClNO2S. The van der Waals surface area contributed by atoms with Gasteiger partial charge in [0.1, 0.15) is 5.75 Å². The van der Waals surface area contributed by atoms with Crippen molar-refractivity contribution in [1.29, 1.82) is 0 Å². The third-order valence-electron chi connectivity index (χ3n) is 2.74. The molecule has 0 radical (unpaired) electrons. The molecule has 0 aromatic heterocycles. The molecule has 0 fully saturated rings. The lowest BCUT2D eigenvalue weighted by Crippen LogP contribution is -2.39. The second-order valence-electron chi connectivity index (χ2n) is 4.00. The number of benzene rings is 1. The summed E-state index contributed by atoms with van der Waals surface area (Å²) >= 11 is 7.86. The van der Waals surface area contributed by atoms with Crippen LogP contribution >= 0.6 is 23.4 Å². The summed E-state index contributed by atoms with van der Waals surface area (Å²) in [6, 6.07) is 5.39. The third-order valence-corrected chi connectivity index (χ3v) is 3.96. The summed E-state index contributed by atoms with van der Waals surface area (Å²) in [4.78, 5) is 13.7. The van der Waals surface area contributed by atoms with Gasteiger partial charge < -0.3 is 9.64 Å². The SMILES string of the molecule is CCSCCCN1C(=O)COc2ccc(Cl)cc21. The van der Waals surface area contributed by atoms with Gasteiger partial charge >= 0.3 is 0 Å². The monoisotopic (exact) mass is 285 g/mol. The molecule has 1 heterocycles. The zero-order valence-electron chi connectivity index (χ0n) is 10.3. The van der Waals surface area contributed by atoms with Gasteiger partial charge in [-0.05, 0) is 36.1 Å². The van der Waals surface area contributed by atoms with Gasteiger partial charge in [0.05, 0.1) is 5.69 Å². The molecule has 1 aromatic rings. The van der Waals surface area contributed by atoms with E-state index in [2.05, 4.69) is 6.92 Å². The van der Waals surface area contributed by atoms with Crippen molar-refractivity contribution < 1.29 is 9.53 Å². The molecule has 0 aliphatic carbocycles. The van der Waals surface area contributed by atoms with Crippen LogP contribution in [0.25, 0.3) is 0 Å². The normalized spacial score (nSPS) is 14.3. The maximum Gasteiger partial charge on any atom is 0.265 e. The van der Waals surface area contributed by atoms with Crippen molar-refractivity contribution >= 4 is 35.0 Å². The molecule has 0 atom stereocenters. The predicted octanol–water partition coefficient (Wildman–Crippen LogP) is 3.21. The Hall–Kier alpha value is -0.870. The lowest BCUT2D eigenvalue weighted by molar-refractivity contribution is -0.121. The van der Waals surface area contributed by atoms with E-state index in [0.717, 1.165) is 35.9 Å². The van der Waals surface area contributed by atoms with Crippen LogP contribution in [0.15, 0.2) is 18.2 Å². The van der Waals surface area contributed by atoms with Crippen LogP contribution in [0.4, 0.5) is 5.69 Å². The van der Waals surface area contributed by atoms with Gasteiger partial charge in [-0.3, -0.25) is 4.79 Å². The molecule has 98 valence electrons. The first-order chi connectivity index (χ1) is 8.72. The van der Waals surface area contributed by atoms with E-state index >= 15 is 0 Å². The highest BCUT2D eigenvalue weighted by Crippen LogP contribution is 2.34. The molecule has 1 aromatic carbocycles. The Morgan fingerprint density at radius 1 is 1.50 bits per heavy atom. The fraction of sp³-hybridized carbons (Fsp3) is 0.462. The topological polar surface area (TPSA) is 29.5 Å². The number of carbonyl (C=O) groups is 1. The molecule has 0 N–H and O–H groups in total. The molecule has 2 rings (SSSR count). The fourth-order valence-corrected chi connectivity index (χ4v) is 2.68. The Balaban J connectivity index is 2.09. The van der Waals surface area contributed by atoms with E-state index in [9.17, 15) is 4.79 Å². The largest absolute Gasteiger partial charge is 0.482 e. The van der Waals surface area contributed by atoms with E-state index in [-0.39, 0.29) is 12.5 Å². The van der Waals surface area contributed by atoms with Crippen LogP contribution in [0, 0.1) is 0 Å². The Kier molecular flexibility index (Phi) is 4.78. The maximum atomic E-state index is 11.9. The third kappa shape index (κ3) is 3.12. The van der Waals surface area contributed by atoms with E-state index in [1.807, 2.05) is 17.8 Å². The number of carbonyl (C=O) groups excluding carboxylic acids is 1. The fourth-order valence-electron chi connectivity index (χ4n) is 1.89. The van der Waals surface area contributed by atoms with Gasteiger partial charge in [-0.2, -0.15) is 11.8 Å². The summed E-state index contributed by atoms with van der Waals surface area (Å²) in [7, 11) is 0. The molecule has 0 saturated heterocycles. The number of hydrogen-bond donors (Lipinski definition) is 0. The number of halogens is 1. The van der Waals surface area contributed by atoms with Crippen molar-refractivity contribution in [2.24, 2.45) is 0 Å². The van der Waals surface area contributed by atoms with Crippen molar-refractivity contribution in [3.05, 3.63) is 23.2 Å². The van der Waals surface area contributed by atoms with Crippen molar-refractivity contribution in [3.8, 4) is 5.75 Å². The standard InChI is InChI=1S/C13H16ClNO2S/c1-2-18-7-3-6-15-11-8-10(14)4-5-12(11)17-9-13(15)16/h4-5,8H,2-3,6-7,9H2,1H3. The number of hydrogen-bond acceptors (Lipinski definition) is 3. The van der Waals surface area contributed by atoms with Crippen LogP contribution in [0.2, 0.25) is 5.02 Å². The van der Waals surface area contributed by atoms with Crippen molar-refractivity contribution in [2.45, 2.75) is 13.3 Å². The minimum Gasteiger partial charge on any atom is -0.482 e. The Labute approximate surface area is 116 Å². The molecule has 0 bridgehead atoms. The van der Waals surface area contributed by atoms with Crippen LogP contribution in [-0.4, -0.2) is 30.6 Å². The van der Waals surface area contributed by atoms with Crippen LogP contribution < -0.4 is 9.64 Å². The van der Waals surface area contributed by atoms with E-state index in [4.69, 9.17) is 16.3 Å². The first-order valence-corrected chi connectivity index (χ1v) is 7.56. The minimum atomic E-state index is 0.00580. The van der Waals surface area contributed by atoms with E-state index in [1.165, 1.54) is 0 Å². The molecule has 1 amide bonds. The number of ether oxygens (including phenoxy) is 1. The predicted molar refractivity (Wildman–Crippen MR) is 76.9 cm³/mol. The van der Waals surface area contributed by atoms with Crippen LogP contribution in [0.5, 0.6) is 5.75 Å². The second kappa shape index (κ2) is 6.34.